The summed E-state index contributed by atoms with van der Waals surface area (Å²) < 4.78 is 7.99. The van der Waals surface area contributed by atoms with E-state index in [4.69, 9.17) is 4.43 Å². The number of allylic oxidation sites excluding steroid dienone is 1. The summed E-state index contributed by atoms with van der Waals surface area (Å²) in [5, 5.41) is 2.87. The second kappa shape index (κ2) is 9.02. The van der Waals surface area contributed by atoms with Crippen LogP contribution in [0.5, 0.6) is 0 Å². The molecule has 160 valence electrons. The van der Waals surface area contributed by atoms with E-state index in [0.29, 0.717) is 17.0 Å². The molecule has 0 unspecified atom stereocenters. The van der Waals surface area contributed by atoms with Crippen LogP contribution in [-0.4, -0.2) is 45.3 Å². The predicted molar refractivity (Wildman–Crippen MR) is 124 cm³/mol. The Morgan fingerprint density at radius 1 is 1.20 bits per heavy atom. The van der Waals surface area contributed by atoms with E-state index in [1.54, 1.807) is 41.1 Å². The van der Waals surface area contributed by atoms with Crippen LogP contribution in [0.15, 0.2) is 59.5 Å². The summed E-state index contributed by atoms with van der Waals surface area (Å²) >= 11 is 0.169. The fourth-order valence-corrected chi connectivity index (χ4v) is 6.43. The Kier molecular flexibility index (Phi) is 6.82. The molecule has 3 rings (SSSR count). The Morgan fingerprint density at radius 2 is 1.90 bits per heavy atom. The van der Waals surface area contributed by atoms with Gasteiger partial charge in [-0.3, -0.25) is 0 Å². The van der Waals surface area contributed by atoms with Crippen LogP contribution in [0.25, 0.3) is 0 Å². The van der Waals surface area contributed by atoms with Gasteiger partial charge in [0.15, 0.2) is 0 Å². The average molecular weight is 491 g/mol. The molecule has 2 heterocycles. The maximum absolute atomic E-state index is 12.6. The van der Waals surface area contributed by atoms with Crippen molar-refractivity contribution in [2.75, 3.05) is 11.9 Å². The van der Waals surface area contributed by atoms with Gasteiger partial charge in [0.1, 0.15) is 0 Å². The zero-order valence-electron chi connectivity index (χ0n) is 18.1. The number of benzene rings is 1. The van der Waals surface area contributed by atoms with E-state index in [9.17, 15) is 9.59 Å². The van der Waals surface area contributed by atoms with Crippen molar-refractivity contribution in [3.05, 3.63) is 70.8 Å². The molecule has 30 heavy (non-hydrogen) atoms. The van der Waals surface area contributed by atoms with Crippen molar-refractivity contribution in [1.29, 1.82) is 0 Å². The van der Waals surface area contributed by atoms with Gasteiger partial charge in [-0.1, -0.05) is 0 Å². The molecule has 0 aliphatic carbocycles. The Bertz CT molecular complexity index is 983. The normalized spacial score (nSPS) is 19.1. The minimum atomic E-state index is -1.78. The molecule has 2 aromatic rings. The molecule has 0 saturated heterocycles. The molecule has 1 amide bonds. The Labute approximate surface area is 185 Å². The van der Waals surface area contributed by atoms with E-state index in [0.717, 1.165) is 0 Å². The summed E-state index contributed by atoms with van der Waals surface area (Å²) in [6.07, 6.45) is 5.95. The van der Waals surface area contributed by atoms with Gasteiger partial charge in [0.05, 0.1) is 0 Å². The first-order chi connectivity index (χ1) is 14.1. The van der Waals surface area contributed by atoms with Crippen molar-refractivity contribution in [2.45, 2.75) is 48.7 Å². The number of amides is 1. The molecule has 0 saturated carbocycles. The third-order valence-corrected chi connectivity index (χ3v) is 12.8. The van der Waals surface area contributed by atoms with Gasteiger partial charge < -0.3 is 0 Å². The quantitative estimate of drug-likeness (QED) is 0.489. The van der Waals surface area contributed by atoms with Crippen LogP contribution in [-0.2, 0) is 4.43 Å². The van der Waals surface area contributed by atoms with E-state index in [1.807, 2.05) is 6.07 Å². The third-order valence-electron chi connectivity index (χ3n) is 5.60. The van der Waals surface area contributed by atoms with Crippen LogP contribution in [0.2, 0.25) is 22.9 Å². The zero-order valence-corrected chi connectivity index (χ0v) is 20.8. The van der Waals surface area contributed by atoms with Crippen molar-refractivity contribution in [1.82, 2.24) is 9.55 Å². The number of nitrogens with one attached hydrogen (secondary N) is 1. The van der Waals surface area contributed by atoms with E-state index >= 15 is 0 Å². The van der Waals surface area contributed by atoms with Crippen molar-refractivity contribution in [3.8, 4) is 0 Å². The number of carbonyl (C=O) groups excluding carboxylic acids is 1. The van der Waals surface area contributed by atoms with Gasteiger partial charge in [-0.15, -0.1) is 0 Å². The number of aromatic nitrogens is 2. The van der Waals surface area contributed by atoms with Crippen molar-refractivity contribution in [3.63, 3.8) is 0 Å². The van der Waals surface area contributed by atoms with E-state index in [2.05, 4.69) is 56.3 Å². The summed E-state index contributed by atoms with van der Waals surface area (Å²) in [5.74, 6) is -0.0227. The van der Waals surface area contributed by atoms with Crippen LogP contribution < -0.4 is 11.0 Å². The van der Waals surface area contributed by atoms with E-state index < -0.39 is 8.32 Å². The van der Waals surface area contributed by atoms with Gasteiger partial charge in [0.25, 0.3) is 0 Å². The SMILES string of the molecule is CC(C)(C)[Si](C)(C)OC[C@@H]1C=C[C@H](n2ccc(NC(=O)c3ccccc3)nc2=O)[Se]1. The number of rotatable bonds is 6. The first-order valence-electron chi connectivity index (χ1n) is 10.0. The molecule has 1 N–H and O–H groups in total. The predicted octanol–water partition coefficient (Wildman–Crippen LogP) is 4.08. The minimum absolute atomic E-state index is 0.0180. The topological polar surface area (TPSA) is 73.2 Å². The molecule has 1 aromatic heterocycles. The zero-order chi connectivity index (χ0) is 21.9. The van der Waals surface area contributed by atoms with Crippen LogP contribution in [0.1, 0.15) is 36.1 Å². The molecule has 0 fully saturated rings. The molecular weight excluding hydrogens is 461 g/mol. The number of hydrogen-bond donors (Lipinski definition) is 1. The summed E-state index contributed by atoms with van der Waals surface area (Å²) in [6.45, 7) is 11.9. The summed E-state index contributed by atoms with van der Waals surface area (Å²) in [4.78, 5) is 29.2. The summed E-state index contributed by atoms with van der Waals surface area (Å²) in [7, 11) is -1.78. The molecule has 0 bridgehead atoms. The van der Waals surface area contributed by atoms with E-state index in [-0.39, 0.29) is 42.4 Å². The Hall–Kier alpha value is -1.99. The fourth-order valence-electron chi connectivity index (χ4n) is 2.70. The summed E-state index contributed by atoms with van der Waals surface area (Å²) in [6, 6.07) is 10.5. The molecule has 8 heteroatoms. The fraction of sp³-hybridized carbons (Fsp3) is 0.409. The number of carbonyl (C=O) groups is 1. The third kappa shape index (κ3) is 5.37. The Morgan fingerprint density at radius 3 is 2.53 bits per heavy atom. The standard InChI is InChI=1S/C22H29N3O3SeSi/c1-22(2,3)30(4,5)28-15-17-11-12-19(29-17)25-14-13-18(24-21(25)27)23-20(26)16-9-7-6-8-10-16/h6-14,17,19H,15H2,1-5H3,(H,23,24,26,27)/t17-,19+/m0/s1. The molecule has 1 aliphatic rings. The van der Waals surface area contributed by atoms with Crippen LogP contribution >= 0.6 is 0 Å². The maximum atomic E-state index is 12.6. The molecule has 2 atom stereocenters. The van der Waals surface area contributed by atoms with Crippen molar-refractivity contribution in [2.24, 2.45) is 0 Å². The molecule has 1 aromatic carbocycles. The van der Waals surface area contributed by atoms with Crippen molar-refractivity contribution >= 4 is 35.0 Å². The summed E-state index contributed by atoms with van der Waals surface area (Å²) in [5.41, 5.74) is 0.165. The monoisotopic (exact) mass is 491 g/mol. The molecule has 0 spiro atoms. The van der Waals surface area contributed by atoms with Crippen LogP contribution in [0, 0.1) is 0 Å². The van der Waals surface area contributed by atoms with Gasteiger partial charge in [-0.2, -0.15) is 0 Å². The number of anilines is 1. The van der Waals surface area contributed by atoms with Crippen LogP contribution in [0.3, 0.4) is 0 Å². The van der Waals surface area contributed by atoms with E-state index in [1.165, 1.54) is 0 Å². The number of nitrogens with zero attached hydrogens (tertiary/aromatic N) is 2. The van der Waals surface area contributed by atoms with Gasteiger partial charge >= 0.3 is 185 Å². The van der Waals surface area contributed by atoms with Gasteiger partial charge in [0.2, 0.25) is 0 Å². The average Bonchev–Trinajstić information content (AvgIpc) is 3.15. The van der Waals surface area contributed by atoms with Gasteiger partial charge in [0, 0.05) is 0 Å². The first-order valence-corrected chi connectivity index (χ1v) is 14.9. The second-order valence-corrected chi connectivity index (χ2v) is 16.5. The molecule has 1 aliphatic heterocycles. The first kappa shape index (κ1) is 22.7. The second-order valence-electron chi connectivity index (χ2n) is 8.84. The molecule has 0 radical (unpaired) electrons. The number of hydrogen-bond acceptors (Lipinski definition) is 4. The van der Waals surface area contributed by atoms with Crippen LogP contribution in [0.4, 0.5) is 5.82 Å². The van der Waals surface area contributed by atoms with Crippen molar-refractivity contribution < 1.29 is 9.22 Å². The molecular formula is C22H29N3O3SeSi. The molecule has 6 nitrogen and oxygen atoms in total. The van der Waals surface area contributed by atoms with Gasteiger partial charge in [-0.05, 0) is 0 Å². The Balaban J connectivity index is 1.61. The van der Waals surface area contributed by atoms with Gasteiger partial charge in [-0.25, -0.2) is 0 Å².